The van der Waals surface area contributed by atoms with Crippen molar-refractivity contribution in [1.82, 2.24) is 5.32 Å². The fourth-order valence-corrected chi connectivity index (χ4v) is 3.41. The van der Waals surface area contributed by atoms with E-state index in [1.165, 1.54) is 4.90 Å². The van der Waals surface area contributed by atoms with Crippen LogP contribution in [0.5, 0.6) is 5.75 Å². The van der Waals surface area contributed by atoms with E-state index in [0.29, 0.717) is 27.7 Å². The smallest absolute Gasteiger partial charge is 0.271 e. The third-order valence-electron chi connectivity index (χ3n) is 4.81. The first-order chi connectivity index (χ1) is 14.5. The average molecular weight is 444 g/mol. The highest BCUT2D eigenvalue weighted by molar-refractivity contribution is 6.31. The predicted octanol–water partition coefficient (Wildman–Crippen LogP) is 3.93. The number of hydrogen-bond donors (Lipinski definition) is 2. The second kappa shape index (κ2) is 8.59. The molecule has 0 unspecified atom stereocenters. The van der Waals surface area contributed by atoms with Crippen molar-refractivity contribution in [3.63, 3.8) is 0 Å². The molecule has 0 saturated carbocycles. The molecule has 2 N–H and O–H groups in total. The molecule has 3 rings (SSSR count). The minimum Gasteiger partial charge on any atom is -0.476 e. The van der Waals surface area contributed by atoms with Crippen LogP contribution in [0.1, 0.15) is 43.6 Å². The van der Waals surface area contributed by atoms with Gasteiger partial charge in [-0.15, -0.1) is 0 Å². The molecule has 1 heterocycles. The largest absolute Gasteiger partial charge is 0.476 e. The Balaban J connectivity index is 1.89. The van der Waals surface area contributed by atoms with Gasteiger partial charge in [-0.1, -0.05) is 17.7 Å². The number of anilines is 2. The van der Waals surface area contributed by atoms with Crippen LogP contribution in [0.4, 0.5) is 11.4 Å². The number of nitrogens with zero attached hydrogens (tertiary/aromatic N) is 1. The van der Waals surface area contributed by atoms with Crippen LogP contribution in [-0.4, -0.2) is 35.9 Å². The van der Waals surface area contributed by atoms with Crippen molar-refractivity contribution in [2.24, 2.45) is 0 Å². The quantitative estimate of drug-likeness (QED) is 0.732. The summed E-state index contributed by atoms with van der Waals surface area (Å²) in [6, 6.07) is 10.0. The second-order valence-electron chi connectivity index (χ2n) is 8.33. The Bertz CT molecular complexity index is 1050. The molecule has 7 nitrogen and oxygen atoms in total. The van der Waals surface area contributed by atoms with Gasteiger partial charge in [-0.3, -0.25) is 19.3 Å². The Labute approximate surface area is 186 Å². The van der Waals surface area contributed by atoms with Gasteiger partial charge in [0, 0.05) is 22.3 Å². The first-order valence-corrected chi connectivity index (χ1v) is 10.4. The molecule has 0 radical (unpaired) electrons. The molecule has 0 atom stereocenters. The van der Waals surface area contributed by atoms with Crippen LogP contribution in [0.25, 0.3) is 0 Å². The first-order valence-electron chi connectivity index (χ1n) is 10.00. The summed E-state index contributed by atoms with van der Waals surface area (Å²) in [6.45, 7) is 8.63. The summed E-state index contributed by atoms with van der Waals surface area (Å²) in [5.41, 5.74) is 1.02. The third-order valence-corrected chi connectivity index (χ3v) is 5.22. The lowest BCUT2D eigenvalue weighted by Gasteiger charge is -2.38. The highest BCUT2D eigenvalue weighted by atomic mass is 35.5. The minimum absolute atomic E-state index is 0.0384. The molecule has 1 aliphatic heterocycles. The number of carbonyl (C=O) groups is 3. The summed E-state index contributed by atoms with van der Waals surface area (Å²) in [5, 5.41) is 6.11. The average Bonchev–Trinajstić information content (AvgIpc) is 2.67. The monoisotopic (exact) mass is 443 g/mol. The number of nitrogens with one attached hydrogen (secondary N) is 2. The van der Waals surface area contributed by atoms with Gasteiger partial charge in [-0.2, -0.15) is 0 Å². The number of fused-ring (bicyclic) bond motifs is 1. The van der Waals surface area contributed by atoms with Gasteiger partial charge < -0.3 is 15.4 Å². The maximum absolute atomic E-state index is 13.1. The van der Waals surface area contributed by atoms with E-state index in [9.17, 15) is 14.4 Å². The predicted molar refractivity (Wildman–Crippen MR) is 121 cm³/mol. The van der Waals surface area contributed by atoms with Crippen molar-refractivity contribution >= 4 is 40.7 Å². The molecule has 1 aliphatic rings. The van der Waals surface area contributed by atoms with Gasteiger partial charge in [0.05, 0.1) is 5.69 Å². The van der Waals surface area contributed by atoms with Crippen molar-refractivity contribution in [2.75, 3.05) is 16.8 Å². The Morgan fingerprint density at radius 1 is 1.16 bits per heavy atom. The first kappa shape index (κ1) is 22.6. The van der Waals surface area contributed by atoms with E-state index >= 15 is 0 Å². The van der Waals surface area contributed by atoms with Crippen LogP contribution >= 0.6 is 11.6 Å². The van der Waals surface area contributed by atoms with E-state index in [1.54, 1.807) is 50.2 Å². The van der Waals surface area contributed by atoms with Crippen molar-refractivity contribution < 1.29 is 19.1 Å². The molecule has 0 aromatic heterocycles. The van der Waals surface area contributed by atoms with E-state index < -0.39 is 11.5 Å². The second-order valence-corrected chi connectivity index (χ2v) is 8.73. The van der Waals surface area contributed by atoms with Gasteiger partial charge in [-0.05, 0) is 70.5 Å². The van der Waals surface area contributed by atoms with E-state index in [-0.39, 0.29) is 24.4 Å². The molecule has 3 amide bonds. The van der Waals surface area contributed by atoms with Gasteiger partial charge in [0.2, 0.25) is 5.91 Å². The zero-order valence-electron chi connectivity index (χ0n) is 18.2. The number of carbonyl (C=O) groups excluding carboxylic acids is 3. The van der Waals surface area contributed by atoms with Crippen LogP contribution in [0.2, 0.25) is 5.02 Å². The van der Waals surface area contributed by atoms with Crippen molar-refractivity contribution in [2.45, 2.75) is 46.3 Å². The van der Waals surface area contributed by atoms with E-state index in [0.717, 1.165) is 5.56 Å². The molecule has 31 heavy (non-hydrogen) atoms. The third kappa shape index (κ3) is 4.99. The lowest BCUT2D eigenvalue weighted by molar-refractivity contribution is -0.133. The Morgan fingerprint density at radius 3 is 2.52 bits per heavy atom. The highest BCUT2D eigenvalue weighted by Crippen LogP contribution is 2.38. The van der Waals surface area contributed by atoms with Crippen LogP contribution in [-0.2, 0) is 9.59 Å². The van der Waals surface area contributed by atoms with Crippen molar-refractivity contribution in [3.8, 4) is 5.75 Å². The molecule has 2 aromatic rings. The molecule has 0 fully saturated rings. The standard InChI is InChI=1S/C23H26ClN3O4/c1-13(2)25-21(29)15-7-9-19-18(10-15)27(22(30)23(4,5)31-19)12-20(28)26-16-8-6-14(3)17(24)11-16/h6-11,13H,12H2,1-5H3,(H,25,29)(H,26,28). The fourth-order valence-electron chi connectivity index (χ4n) is 3.23. The van der Waals surface area contributed by atoms with Crippen LogP contribution in [0, 0.1) is 6.92 Å². The lowest BCUT2D eigenvalue weighted by atomic mass is 10.0. The van der Waals surface area contributed by atoms with Gasteiger partial charge >= 0.3 is 0 Å². The molecule has 2 aromatic carbocycles. The molecule has 0 bridgehead atoms. The zero-order chi connectivity index (χ0) is 22.9. The van der Waals surface area contributed by atoms with Gasteiger partial charge in [0.1, 0.15) is 12.3 Å². The molecular weight excluding hydrogens is 418 g/mol. The minimum atomic E-state index is -1.15. The van der Waals surface area contributed by atoms with Crippen LogP contribution < -0.4 is 20.3 Å². The van der Waals surface area contributed by atoms with Crippen molar-refractivity contribution in [3.05, 3.63) is 52.5 Å². The number of aryl methyl sites for hydroxylation is 1. The van der Waals surface area contributed by atoms with E-state index in [4.69, 9.17) is 16.3 Å². The fraction of sp³-hybridized carbons (Fsp3) is 0.348. The van der Waals surface area contributed by atoms with Gasteiger partial charge in [-0.25, -0.2) is 0 Å². The summed E-state index contributed by atoms with van der Waals surface area (Å²) in [7, 11) is 0. The number of benzene rings is 2. The van der Waals surface area contributed by atoms with E-state index in [1.807, 2.05) is 20.8 Å². The highest BCUT2D eigenvalue weighted by Gasteiger charge is 2.41. The number of hydrogen-bond acceptors (Lipinski definition) is 4. The molecule has 164 valence electrons. The maximum Gasteiger partial charge on any atom is 0.271 e. The molecular formula is C23H26ClN3O4. The number of ether oxygens (including phenoxy) is 1. The maximum atomic E-state index is 13.1. The molecule has 8 heteroatoms. The summed E-state index contributed by atoms with van der Waals surface area (Å²) >= 11 is 6.13. The molecule has 0 aliphatic carbocycles. The van der Waals surface area contributed by atoms with Crippen molar-refractivity contribution in [1.29, 1.82) is 0 Å². The van der Waals surface area contributed by atoms with Gasteiger partial charge in [0.15, 0.2) is 5.60 Å². The summed E-state index contributed by atoms with van der Waals surface area (Å²) in [4.78, 5) is 39.6. The Kier molecular flexibility index (Phi) is 6.27. The van der Waals surface area contributed by atoms with Gasteiger partial charge in [0.25, 0.3) is 11.8 Å². The summed E-state index contributed by atoms with van der Waals surface area (Å²) < 4.78 is 5.83. The van der Waals surface area contributed by atoms with Crippen LogP contribution in [0.3, 0.4) is 0 Å². The number of halogens is 1. The number of rotatable bonds is 5. The normalized spacial score (nSPS) is 14.7. The Hall–Kier alpha value is -3.06. The number of amides is 3. The summed E-state index contributed by atoms with van der Waals surface area (Å²) in [5.74, 6) is -0.613. The molecule has 0 saturated heterocycles. The lowest BCUT2D eigenvalue weighted by Crippen LogP contribution is -2.54. The van der Waals surface area contributed by atoms with Crippen LogP contribution in [0.15, 0.2) is 36.4 Å². The Morgan fingerprint density at radius 2 is 1.87 bits per heavy atom. The summed E-state index contributed by atoms with van der Waals surface area (Å²) in [6.07, 6.45) is 0. The molecule has 0 spiro atoms. The van der Waals surface area contributed by atoms with E-state index in [2.05, 4.69) is 10.6 Å². The SMILES string of the molecule is Cc1ccc(NC(=O)CN2C(=O)C(C)(C)Oc3ccc(C(=O)NC(C)C)cc32)cc1Cl. The topological polar surface area (TPSA) is 87.7 Å². The zero-order valence-corrected chi connectivity index (χ0v) is 19.0.